The van der Waals surface area contributed by atoms with Crippen LogP contribution in [-0.2, 0) is 17.6 Å². The van der Waals surface area contributed by atoms with E-state index in [0.29, 0.717) is 0 Å². The number of rotatable bonds is 5. The van der Waals surface area contributed by atoms with Crippen molar-refractivity contribution in [2.24, 2.45) is 0 Å². The predicted molar refractivity (Wildman–Crippen MR) is 112 cm³/mol. The fourth-order valence-electron chi connectivity index (χ4n) is 3.18. The van der Waals surface area contributed by atoms with Crippen molar-refractivity contribution in [3.8, 4) is 0 Å². The molecule has 0 fully saturated rings. The van der Waals surface area contributed by atoms with E-state index in [1.54, 1.807) is 17.4 Å². The lowest BCUT2D eigenvalue weighted by Crippen LogP contribution is -2.12. The molecule has 0 radical (unpaired) electrons. The molecule has 1 aromatic heterocycles. The highest BCUT2D eigenvalue weighted by Crippen LogP contribution is 2.38. The van der Waals surface area contributed by atoms with Crippen LogP contribution < -0.4 is 0 Å². The second-order valence-electron chi connectivity index (χ2n) is 6.52. The van der Waals surface area contributed by atoms with Gasteiger partial charge in [-0.2, -0.15) is 0 Å². The highest BCUT2D eigenvalue weighted by molar-refractivity contribution is 7.13. The van der Waals surface area contributed by atoms with Crippen molar-refractivity contribution < 1.29 is 9.90 Å². The van der Waals surface area contributed by atoms with Crippen LogP contribution in [0.4, 0.5) is 0 Å². The summed E-state index contributed by atoms with van der Waals surface area (Å²) in [6.07, 6.45) is 8.27. The number of carboxylic acids is 1. The summed E-state index contributed by atoms with van der Waals surface area (Å²) in [7, 11) is 4.18. The number of carboxylic acid groups (broad SMARTS) is 1. The summed E-state index contributed by atoms with van der Waals surface area (Å²) >= 11 is 1.70. The fourth-order valence-corrected chi connectivity index (χ4v) is 4.26. The van der Waals surface area contributed by atoms with Gasteiger partial charge in [0.2, 0.25) is 0 Å². The van der Waals surface area contributed by atoms with Crippen molar-refractivity contribution >= 4 is 41.4 Å². The van der Waals surface area contributed by atoms with Crippen LogP contribution in [0, 0.1) is 0 Å². The van der Waals surface area contributed by atoms with Gasteiger partial charge in [-0.05, 0) is 67.8 Å². The molecule has 0 atom stereocenters. The van der Waals surface area contributed by atoms with Crippen molar-refractivity contribution in [3.63, 3.8) is 0 Å². The van der Waals surface area contributed by atoms with Crippen LogP contribution in [0.25, 0.3) is 11.6 Å². The van der Waals surface area contributed by atoms with Crippen LogP contribution >= 0.6 is 23.7 Å². The minimum atomic E-state index is -0.907. The Morgan fingerprint density at radius 1 is 1.23 bits per heavy atom. The third-order valence-corrected chi connectivity index (χ3v) is 5.52. The van der Waals surface area contributed by atoms with E-state index < -0.39 is 5.97 Å². The molecule has 1 aliphatic rings. The van der Waals surface area contributed by atoms with Gasteiger partial charge in [0.1, 0.15) is 0 Å². The minimum Gasteiger partial charge on any atom is -0.478 e. The average molecular weight is 390 g/mol. The molecule has 0 saturated carbocycles. The zero-order valence-corrected chi connectivity index (χ0v) is 16.7. The van der Waals surface area contributed by atoms with Crippen molar-refractivity contribution in [2.45, 2.75) is 19.3 Å². The molecule has 1 aliphatic carbocycles. The first-order chi connectivity index (χ1) is 12.0. The van der Waals surface area contributed by atoms with Gasteiger partial charge < -0.3 is 10.0 Å². The number of hydrogen-bond donors (Lipinski definition) is 1. The number of aryl methyl sites for hydroxylation is 2. The minimum absolute atomic E-state index is 0. The Kier molecular flexibility index (Phi) is 7.21. The van der Waals surface area contributed by atoms with Gasteiger partial charge in [0.05, 0.1) is 0 Å². The summed E-state index contributed by atoms with van der Waals surface area (Å²) in [5.74, 6) is -0.907. The van der Waals surface area contributed by atoms with Gasteiger partial charge in [-0.3, -0.25) is 0 Å². The Bertz CT molecular complexity index is 836. The second kappa shape index (κ2) is 9.17. The second-order valence-corrected chi connectivity index (χ2v) is 7.69. The maximum atomic E-state index is 10.8. The highest BCUT2D eigenvalue weighted by atomic mass is 35.5. The van der Waals surface area contributed by atoms with Crippen LogP contribution in [0.2, 0.25) is 0 Å². The first-order valence-electron chi connectivity index (χ1n) is 8.52. The number of aliphatic carboxylic acids is 1. The summed E-state index contributed by atoms with van der Waals surface area (Å²) in [5.41, 5.74) is 5.26. The molecular formula is C21H24ClNO2S. The Hall–Kier alpha value is -1.88. The quantitative estimate of drug-likeness (QED) is 0.750. The fraction of sp³-hybridized carbons (Fsp3) is 0.286. The molecule has 5 heteroatoms. The molecule has 26 heavy (non-hydrogen) atoms. The molecule has 3 nitrogen and oxygen atoms in total. The van der Waals surface area contributed by atoms with Crippen LogP contribution in [0.5, 0.6) is 0 Å². The van der Waals surface area contributed by atoms with E-state index in [1.807, 2.05) is 0 Å². The van der Waals surface area contributed by atoms with E-state index in [-0.39, 0.29) is 12.4 Å². The summed E-state index contributed by atoms with van der Waals surface area (Å²) in [6.45, 7) is 1.01. The molecule has 0 amide bonds. The van der Waals surface area contributed by atoms with E-state index in [9.17, 15) is 4.79 Å². The maximum absolute atomic E-state index is 10.8. The average Bonchev–Trinajstić information content (AvgIpc) is 2.92. The first kappa shape index (κ1) is 20.4. The lowest BCUT2D eigenvalue weighted by atomic mass is 9.95. The third kappa shape index (κ3) is 4.85. The molecule has 3 rings (SSSR count). The van der Waals surface area contributed by atoms with Gasteiger partial charge in [0, 0.05) is 22.4 Å². The summed E-state index contributed by atoms with van der Waals surface area (Å²) in [4.78, 5) is 15.3. The third-order valence-electron chi connectivity index (χ3n) is 4.36. The van der Waals surface area contributed by atoms with Crippen LogP contribution in [0.15, 0.2) is 42.5 Å². The van der Waals surface area contributed by atoms with E-state index in [4.69, 9.17) is 5.11 Å². The molecule has 0 unspecified atom stereocenters. The largest absolute Gasteiger partial charge is 0.478 e. The monoisotopic (exact) mass is 389 g/mol. The van der Waals surface area contributed by atoms with Gasteiger partial charge in [-0.15, -0.1) is 23.7 Å². The number of halogens is 1. The molecule has 138 valence electrons. The molecule has 0 saturated heterocycles. The Morgan fingerprint density at radius 3 is 2.73 bits per heavy atom. The van der Waals surface area contributed by atoms with Gasteiger partial charge in [0.15, 0.2) is 0 Å². The zero-order valence-electron chi connectivity index (χ0n) is 15.1. The molecule has 2 aromatic rings. The van der Waals surface area contributed by atoms with Gasteiger partial charge in [-0.1, -0.05) is 30.3 Å². The molecule has 1 N–H and O–H groups in total. The summed E-state index contributed by atoms with van der Waals surface area (Å²) in [5, 5.41) is 8.87. The normalized spacial score (nSPS) is 14.8. The zero-order chi connectivity index (χ0) is 17.8. The van der Waals surface area contributed by atoms with E-state index in [1.165, 1.54) is 33.2 Å². The highest BCUT2D eigenvalue weighted by Gasteiger charge is 2.20. The van der Waals surface area contributed by atoms with E-state index in [0.717, 1.165) is 30.7 Å². The summed E-state index contributed by atoms with van der Waals surface area (Å²) < 4.78 is 0. The number of benzene rings is 1. The Morgan fingerprint density at radius 2 is 2.00 bits per heavy atom. The van der Waals surface area contributed by atoms with Crippen LogP contribution in [0.1, 0.15) is 32.9 Å². The first-order valence-corrected chi connectivity index (χ1v) is 9.33. The molecule has 1 aromatic carbocycles. The summed E-state index contributed by atoms with van der Waals surface area (Å²) in [6, 6.07) is 10.8. The molecule has 0 aliphatic heterocycles. The van der Waals surface area contributed by atoms with Gasteiger partial charge in [0.25, 0.3) is 0 Å². The van der Waals surface area contributed by atoms with E-state index in [2.05, 4.69) is 55.4 Å². The predicted octanol–water partition coefficient (Wildman–Crippen LogP) is 4.75. The van der Waals surface area contributed by atoms with Gasteiger partial charge >= 0.3 is 5.97 Å². The number of nitrogens with zero attached hydrogens (tertiary/aromatic N) is 1. The lowest BCUT2D eigenvalue weighted by Gasteiger charge is -2.11. The maximum Gasteiger partial charge on any atom is 0.328 e. The molecular weight excluding hydrogens is 366 g/mol. The number of hydrogen-bond acceptors (Lipinski definition) is 3. The number of carbonyl (C=O) groups is 1. The van der Waals surface area contributed by atoms with Gasteiger partial charge in [-0.25, -0.2) is 4.79 Å². The van der Waals surface area contributed by atoms with E-state index >= 15 is 0 Å². The SMILES string of the molecule is CN(C)CC/C=C1/c2ccccc2CCc2sc(/C=C/C(=O)O)cc21.Cl. The Labute approximate surface area is 165 Å². The standard InChI is InChI=1S/C21H23NO2S.ClH/c1-22(2)13-5-8-18-17-7-4-3-6-15(17)9-11-20-19(18)14-16(25-20)10-12-21(23)24;/h3-4,6-8,10,12,14H,5,9,11,13H2,1-2H3,(H,23,24);1H/b12-10+,18-8-;. The molecule has 0 bridgehead atoms. The van der Waals surface area contributed by atoms with Crippen molar-refractivity contribution in [2.75, 3.05) is 20.6 Å². The van der Waals surface area contributed by atoms with Crippen LogP contribution in [-0.4, -0.2) is 36.6 Å². The Balaban J connectivity index is 0.00000243. The number of fused-ring (bicyclic) bond motifs is 2. The van der Waals surface area contributed by atoms with Crippen molar-refractivity contribution in [3.05, 3.63) is 68.9 Å². The van der Waals surface area contributed by atoms with Crippen LogP contribution in [0.3, 0.4) is 0 Å². The van der Waals surface area contributed by atoms with Crippen molar-refractivity contribution in [1.82, 2.24) is 4.90 Å². The number of thiophene rings is 1. The van der Waals surface area contributed by atoms with Crippen molar-refractivity contribution in [1.29, 1.82) is 0 Å². The topological polar surface area (TPSA) is 40.5 Å². The lowest BCUT2D eigenvalue weighted by molar-refractivity contribution is -0.131. The smallest absolute Gasteiger partial charge is 0.328 e. The molecule has 0 spiro atoms. The molecule has 1 heterocycles.